The van der Waals surface area contributed by atoms with Crippen LogP contribution < -0.4 is 9.47 Å². The Kier molecular flexibility index (Phi) is 4.34. The number of amides is 1. The van der Waals surface area contributed by atoms with Gasteiger partial charge in [0.15, 0.2) is 11.5 Å². The van der Waals surface area contributed by atoms with Gasteiger partial charge < -0.3 is 14.4 Å². The van der Waals surface area contributed by atoms with Crippen molar-refractivity contribution in [1.82, 2.24) is 4.90 Å². The fourth-order valence-electron chi connectivity index (χ4n) is 3.12. The lowest BCUT2D eigenvalue weighted by atomic mass is 10.1. The van der Waals surface area contributed by atoms with Gasteiger partial charge in [-0.1, -0.05) is 30.3 Å². The van der Waals surface area contributed by atoms with Crippen molar-refractivity contribution in [2.75, 3.05) is 25.6 Å². The lowest BCUT2D eigenvalue weighted by molar-refractivity contribution is 0.0766. The van der Waals surface area contributed by atoms with Crippen molar-refractivity contribution >= 4 is 17.7 Å². The highest BCUT2D eigenvalue weighted by atomic mass is 32.2. The molecule has 4 rings (SSSR count). The van der Waals surface area contributed by atoms with Gasteiger partial charge >= 0.3 is 0 Å². The molecule has 0 saturated carbocycles. The summed E-state index contributed by atoms with van der Waals surface area (Å²) in [4.78, 5) is 14.8. The summed E-state index contributed by atoms with van der Waals surface area (Å²) in [6.45, 7) is 1.78. The number of hydrogen-bond acceptors (Lipinski definition) is 4. The largest absolute Gasteiger partial charge is 0.454 e. The third-order valence-corrected chi connectivity index (χ3v) is 5.75. The van der Waals surface area contributed by atoms with Crippen LogP contribution in [0.3, 0.4) is 0 Å². The van der Waals surface area contributed by atoms with Crippen molar-refractivity contribution in [3.8, 4) is 11.5 Å². The maximum atomic E-state index is 12.8. The molecule has 2 aromatic carbocycles. The van der Waals surface area contributed by atoms with Crippen molar-refractivity contribution < 1.29 is 14.3 Å². The molecule has 0 aliphatic carbocycles. The molecule has 0 radical (unpaired) electrons. The number of carbonyl (C=O) groups excluding carboxylic acids is 1. The molecule has 4 nitrogen and oxygen atoms in total. The third kappa shape index (κ3) is 3.08. The smallest absolute Gasteiger partial charge is 0.254 e. The lowest BCUT2D eigenvalue weighted by Crippen LogP contribution is -2.32. The minimum atomic E-state index is 0.0719. The number of hydrogen-bond donors (Lipinski definition) is 0. The summed E-state index contributed by atoms with van der Waals surface area (Å²) >= 11 is 1.94. The van der Waals surface area contributed by atoms with Crippen LogP contribution in [0.1, 0.15) is 27.6 Å². The minimum Gasteiger partial charge on any atom is -0.454 e. The molecule has 0 aromatic heterocycles. The van der Waals surface area contributed by atoms with E-state index in [1.54, 1.807) is 6.07 Å². The number of rotatable bonds is 2. The van der Waals surface area contributed by atoms with Crippen molar-refractivity contribution in [2.45, 2.75) is 11.7 Å². The van der Waals surface area contributed by atoms with Crippen molar-refractivity contribution in [3.05, 3.63) is 59.7 Å². The maximum Gasteiger partial charge on any atom is 0.254 e. The zero-order valence-corrected chi connectivity index (χ0v) is 14.1. The normalized spacial score (nSPS) is 19.8. The fraction of sp³-hybridized carbons (Fsp3) is 0.316. The molecule has 0 N–H and O–H groups in total. The molecule has 0 unspecified atom stereocenters. The Morgan fingerprint density at radius 1 is 1.04 bits per heavy atom. The number of fused-ring (bicyclic) bond motifs is 1. The molecule has 2 aromatic rings. The molecule has 5 heteroatoms. The average Bonchev–Trinajstić information content (AvgIpc) is 2.96. The van der Waals surface area contributed by atoms with Gasteiger partial charge in [-0.05, 0) is 30.2 Å². The van der Waals surface area contributed by atoms with Crippen LogP contribution in [-0.4, -0.2) is 36.4 Å². The van der Waals surface area contributed by atoms with Crippen LogP contribution in [-0.2, 0) is 0 Å². The zero-order chi connectivity index (χ0) is 16.4. The standard InChI is InChI=1S/C19H19NO3S/c21-19(15-6-7-16-17(12-15)23-13-22-16)20-9-8-18(24-11-10-20)14-4-2-1-3-5-14/h1-7,12,18H,8-11,13H2/t18-/m1/s1. The number of benzene rings is 2. The molecular weight excluding hydrogens is 322 g/mol. The molecule has 1 amide bonds. The van der Waals surface area contributed by atoms with Crippen LogP contribution in [0.15, 0.2) is 48.5 Å². The van der Waals surface area contributed by atoms with E-state index in [0.29, 0.717) is 22.3 Å². The van der Waals surface area contributed by atoms with E-state index >= 15 is 0 Å². The van der Waals surface area contributed by atoms with Gasteiger partial charge in [0.05, 0.1) is 0 Å². The molecule has 1 fully saturated rings. The second kappa shape index (κ2) is 6.77. The fourth-order valence-corrected chi connectivity index (χ4v) is 4.35. The average molecular weight is 341 g/mol. The van der Waals surface area contributed by atoms with Gasteiger partial charge in [-0.2, -0.15) is 11.8 Å². The monoisotopic (exact) mass is 341 g/mol. The Morgan fingerprint density at radius 2 is 1.88 bits per heavy atom. The first-order chi connectivity index (χ1) is 11.8. The molecular formula is C19H19NO3S. The summed E-state index contributed by atoms with van der Waals surface area (Å²) in [5.74, 6) is 2.40. The molecule has 2 aliphatic rings. The van der Waals surface area contributed by atoms with Crippen molar-refractivity contribution in [2.24, 2.45) is 0 Å². The van der Waals surface area contributed by atoms with Gasteiger partial charge in [0, 0.05) is 29.7 Å². The van der Waals surface area contributed by atoms with Crippen molar-refractivity contribution in [3.63, 3.8) is 0 Å². The van der Waals surface area contributed by atoms with E-state index in [2.05, 4.69) is 24.3 Å². The quantitative estimate of drug-likeness (QED) is 0.834. The first-order valence-electron chi connectivity index (χ1n) is 8.17. The molecule has 24 heavy (non-hydrogen) atoms. The highest BCUT2D eigenvalue weighted by Crippen LogP contribution is 2.35. The van der Waals surface area contributed by atoms with Gasteiger partial charge in [0.2, 0.25) is 6.79 Å². The van der Waals surface area contributed by atoms with Crippen LogP contribution in [0, 0.1) is 0 Å². The third-order valence-electron chi connectivity index (χ3n) is 4.42. The molecule has 2 aliphatic heterocycles. The van der Waals surface area contributed by atoms with Crippen LogP contribution in [0.5, 0.6) is 11.5 Å². The zero-order valence-electron chi connectivity index (χ0n) is 13.3. The molecule has 124 valence electrons. The maximum absolute atomic E-state index is 12.8. The Hall–Kier alpha value is -2.14. The van der Waals surface area contributed by atoms with Gasteiger partial charge in [0.25, 0.3) is 5.91 Å². The number of thioether (sulfide) groups is 1. The van der Waals surface area contributed by atoms with E-state index in [0.717, 1.165) is 25.3 Å². The molecule has 0 spiro atoms. The van der Waals surface area contributed by atoms with Crippen LogP contribution in [0.4, 0.5) is 0 Å². The van der Waals surface area contributed by atoms with Gasteiger partial charge in [-0.3, -0.25) is 4.79 Å². The summed E-state index contributed by atoms with van der Waals surface area (Å²) < 4.78 is 10.7. The number of nitrogens with zero attached hydrogens (tertiary/aromatic N) is 1. The van der Waals surface area contributed by atoms with E-state index in [9.17, 15) is 4.79 Å². The number of carbonyl (C=O) groups is 1. The van der Waals surface area contributed by atoms with Gasteiger partial charge in [-0.25, -0.2) is 0 Å². The van der Waals surface area contributed by atoms with E-state index in [1.165, 1.54) is 5.56 Å². The highest BCUT2D eigenvalue weighted by Gasteiger charge is 2.24. The molecule has 0 bridgehead atoms. The first kappa shape index (κ1) is 15.4. The van der Waals surface area contributed by atoms with E-state index in [1.807, 2.05) is 34.9 Å². The second-order valence-corrected chi connectivity index (χ2v) is 7.23. The summed E-state index contributed by atoms with van der Waals surface area (Å²) in [5, 5.41) is 0.459. The lowest BCUT2D eigenvalue weighted by Gasteiger charge is -2.20. The van der Waals surface area contributed by atoms with E-state index in [4.69, 9.17) is 9.47 Å². The Labute approximate surface area is 145 Å². The predicted molar refractivity (Wildman–Crippen MR) is 94.7 cm³/mol. The topological polar surface area (TPSA) is 38.8 Å². The molecule has 2 heterocycles. The second-order valence-electron chi connectivity index (χ2n) is 5.92. The summed E-state index contributed by atoms with van der Waals surface area (Å²) in [7, 11) is 0. The Bertz CT molecular complexity index is 735. The van der Waals surface area contributed by atoms with Crippen LogP contribution in [0.2, 0.25) is 0 Å². The van der Waals surface area contributed by atoms with E-state index in [-0.39, 0.29) is 12.7 Å². The summed E-state index contributed by atoms with van der Waals surface area (Å²) in [5.41, 5.74) is 2.02. The summed E-state index contributed by atoms with van der Waals surface area (Å²) in [6.07, 6.45) is 0.977. The van der Waals surface area contributed by atoms with Crippen molar-refractivity contribution in [1.29, 1.82) is 0 Å². The number of ether oxygens (including phenoxy) is 2. The SMILES string of the molecule is O=C(c1ccc2c(c1)OCO2)N1CCS[C@@H](c2ccccc2)CC1. The first-order valence-corrected chi connectivity index (χ1v) is 9.21. The minimum absolute atomic E-state index is 0.0719. The van der Waals surface area contributed by atoms with E-state index < -0.39 is 0 Å². The molecule has 1 saturated heterocycles. The highest BCUT2D eigenvalue weighted by molar-refractivity contribution is 7.99. The van der Waals surface area contributed by atoms with Crippen LogP contribution >= 0.6 is 11.8 Å². The van der Waals surface area contributed by atoms with Crippen LogP contribution in [0.25, 0.3) is 0 Å². The molecule has 1 atom stereocenters. The Morgan fingerprint density at radius 3 is 2.75 bits per heavy atom. The Balaban J connectivity index is 1.46. The van der Waals surface area contributed by atoms with Gasteiger partial charge in [-0.15, -0.1) is 0 Å². The summed E-state index contributed by atoms with van der Waals surface area (Å²) in [6, 6.07) is 16.0. The predicted octanol–water partition coefficient (Wildman–Crippen LogP) is 3.74. The van der Waals surface area contributed by atoms with Gasteiger partial charge in [0.1, 0.15) is 0 Å².